The Labute approximate surface area is 121 Å². The first-order valence-corrected chi connectivity index (χ1v) is 6.46. The molecule has 18 heavy (non-hydrogen) atoms. The highest BCUT2D eigenvalue weighted by Gasteiger charge is 2.11. The Morgan fingerprint density at radius 1 is 0.944 bits per heavy atom. The van der Waals surface area contributed by atoms with Gasteiger partial charge in [0.2, 0.25) is 0 Å². The van der Waals surface area contributed by atoms with Gasteiger partial charge in [0.25, 0.3) is 0 Å². The molecule has 0 aromatic heterocycles. The summed E-state index contributed by atoms with van der Waals surface area (Å²) in [4.78, 5) is 0. The standard InChI is InChI=1S/C14H11Cl3O/c1-8-3-4-9(7-12(8)18-2)10-5-6-11(15)14(17)13(10)16/h3-7H,1-2H3. The Balaban J connectivity index is 2.59. The highest BCUT2D eigenvalue weighted by atomic mass is 35.5. The molecule has 0 aliphatic carbocycles. The van der Waals surface area contributed by atoms with Crippen molar-refractivity contribution in [3.63, 3.8) is 0 Å². The van der Waals surface area contributed by atoms with Gasteiger partial charge in [0.1, 0.15) is 5.75 Å². The van der Waals surface area contributed by atoms with Crippen molar-refractivity contribution in [2.45, 2.75) is 6.92 Å². The third-order valence-electron chi connectivity index (χ3n) is 2.75. The highest BCUT2D eigenvalue weighted by molar-refractivity contribution is 6.49. The van der Waals surface area contributed by atoms with Crippen LogP contribution in [0.2, 0.25) is 15.1 Å². The van der Waals surface area contributed by atoms with Crippen LogP contribution in [-0.2, 0) is 0 Å². The van der Waals surface area contributed by atoms with E-state index >= 15 is 0 Å². The maximum atomic E-state index is 6.21. The molecule has 2 aromatic carbocycles. The van der Waals surface area contributed by atoms with E-state index in [0.29, 0.717) is 15.1 Å². The summed E-state index contributed by atoms with van der Waals surface area (Å²) in [5.41, 5.74) is 2.85. The Bertz CT molecular complexity index is 594. The van der Waals surface area contributed by atoms with Crippen LogP contribution >= 0.6 is 34.8 Å². The minimum Gasteiger partial charge on any atom is -0.496 e. The van der Waals surface area contributed by atoms with Crippen LogP contribution < -0.4 is 4.74 Å². The summed E-state index contributed by atoms with van der Waals surface area (Å²) in [6.45, 7) is 1.99. The SMILES string of the molecule is COc1cc(-c2ccc(Cl)c(Cl)c2Cl)ccc1C. The number of hydrogen-bond donors (Lipinski definition) is 0. The molecular formula is C14H11Cl3O. The molecule has 94 valence electrons. The number of hydrogen-bond acceptors (Lipinski definition) is 1. The Morgan fingerprint density at radius 3 is 2.33 bits per heavy atom. The van der Waals surface area contributed by atoms with Gasteiger partial charge in [-0.3, -0.25) is 0 Å². The molecule has 0 saturated carbocycles. The molecule has 0 aliphatic heterocycles. The van der Waals surface area contributed by atoms with E-state index < -0.39 is 0 Å². The minimum atomic E-state index is 0.371. The summed E-state index contributed by atoms with van der Waals surface area (Å²) >= 11 is 18.2. The lowest BCUT2D eigenvalue weighted by Gasteiger charge is -2.10. The molecule has 0 bridgehead atoms. The molecule has 0 amide bonds. The molecule has 0 fully saturated rings. The van der Waals surface area contributed by atoms with Crippen LogP contribution in [0, 0.1) is 6.92 Å². The van der Waals surface area contributed by atoms with Gasteiger partial charge < -0.3 is 4.74 Å². The molecule has 1 nitrogen and oxygen atoms in total. The van der Waals surface area contributed by atoms with E-state index in [9.17, 15) is 0 Å². The summed E-state index contributed by atoms with van der Waals surface area (Å²) in [7, 11) is 1.64. The second-order valence-electron chi connectivity index (χ2n) is 3.91. The monoisotopic (exact) mass is 300 g/mol. The van der Waals surface area contributed by atoms with Crippen molar-refractivity contribution in [1.29, 1.82) is 0 Å². The van der Waals surface area contributed by atoms with E-state index in [2.05, 4.69) is 0 Å². The fraction of sp³-hybridized carbons (Fsp3) is 0.143. The molecule has 0 N–H and O–H groups in total. The molecule has 0 heterocycles. The molecule has 0 aliphatic rings. The molecule has 0 spiro atoms. The largest absolute Gasteiger partial charge is 0.496 e. The molecule has 0 radical (unpaired) electrons. The Hall–Kier alpha value is -0.890. The van der Waals surface area contributed by atoms with Gasteiger partial charge in [0.05, 0.1) is 22.2 Å². The zero-order chi connectivity index (χ0) is 13.3. The van der Waals surface area contributed by atoms with E-state index in [0.717, 1.165) is 22.4 Å². The average Bonchev–Trinajstić information content (AvgIpc) is 2.37. The number of rotatable bonds is 2. The van der Waals surface area contributed by atoms with Gasteiger partial charge in [0, 0.05) is 5.56 Å². The van der Waals surface area contributed by atoms with Crippen LogP contribution in [0.4, 0.5) is 0 Å². The second-order valence-corrected chi connectivity index (χ2v) is 5.07. The summed E-state index contributed by atoms with van der Waals surface area (Å²) in [5.74, 6) is 0.814. The van der Waals surface area contributed by atoms with Crippen molar-refractivity contribution in [2.75, 3.05) is 7.11 Å². The quantitative estimate of drug-likeness (QED) is 0.653. The van der Waals surface area contributed by atoms with Crippen LogP contribution in [0.25, 0.3) is 11.1 Å². The number of halogens is 3. The van der Waals surface area contributed by atoms with Gasteiger partial charge in [-0.15, -0.1) is 0 Å². The van der Waals surface area contributed by atoms with Gasteiger partial charge in [-0.25, -0.2) is 0 Å². The van der Waals surface area contributed by atoms with Crippen LogP contribution in [0.15, 0.2) is 30.3 Å². The maximum Gasteiger partial charge on any atom is 0.122 e. The van der Waals surface area contributed by atoms with Crippen molar-refractivity contribution >= 4 is 34.8 Å². The van der Waals surface area contributed by atoms with Crippen LogP contribution in [-0.4, -0.2) is 7.11 Å². The topological polar surface area (TPSA) is 9.23 Å². The van der Waals surface area contributed by atoms with Crippen molar-refractivity contribution in [1.82, 2.24) is 0 Å². The summed E-state index contributed by atoms with van der Waals surface area (Å²) in [6, 6.07) is 9.47. The second kappa shape index (κ2) is 5.40. The van der Waals surface area contributed by atoms with Crippen molar-refractivity contribution in [2.24, 2.45) is 0 Å². The molecule has 2 aromatic rings. The van der Waals surface area contributed by atoms with Gasteiger partial charge in [-0.2, -0.15) is 0 Å². The van der Waals surface area contributed by atoms with Crippen molar-refractivity contribution in [3.05, 3.63) is 51.0 Å². The third kappa shape index (κ3) is 2.44. The zero-order valence-corrected chi connectivity index (χ0v) is 12.2. The van der Waals surface area contributed by atoms with Gasteiger partial charge in [-0.05, 0) is 30.2 Å². The number of methoxy groups -OCH3 is 1. The van der Waals surface area contributed by atoms with Crippen molar-refractivity contribution < 1.29 is 4.74 Å². The average molecular weight is 302 g/mol. The van der Waals surface area contributed by atoms with E-state index in [1.165, 1.54) is 0 Å². The number of ether oxygens (including phenoxy) is 1. The predicted molar refractivity (Wildman–Crippen MR) is 78.2 cm³/mol. The molecule has 0 unspecified atom stereocenters. The molecule has 0 atom stereocenters. The summed E-state index contributed by atoms with van der Waals surface area (Å²) < 4.78 is 5.30. The lowest BCUT2D eigenvalue weighted by Crippen LogP contribution is -1.89. The minimum absolute atomic E-state index is 0.371. The highest BCUT2D eigenvalue weighted by Crippen LogP contribution is 2.39. The zero-order valence-electron chi connectivity index (χ0n) is 9.93. The van der Waals surface area contributed by atoms with Crippen molar-refractivity contribution in [3.8, 4) is 16.9 Å². The van der Waals surface area contributed by atoms with Gasteiger partial charge in [-0.1, -0.05) is 53.0 Å². The van der Waals surface area contributed by atoms with Gasteiger partial charge in [0.15, 0.2) is 0 Å². The third-order valence-corrected chi connectivity index (χ3v) is 4.05. The van der Waals surface area contributed by atoms with E-state index in [1.54, 1.807) is 13.2 Å². The first-order valence-electron chi connectivity index (χ1n) is 5.33. The van der Waals surface area contributed by atoms with Crippen LogP contribution in [0.5, 0.6) is 5.75 Å². The predicted octanol–water partition coefficient (Wildman–Crippen LogP) is 5.63. The van der Waals surface area contributed by atoms with Crippen LogP contribution in [0.3, 0.4) is 0 Å². The number of benzene rings is 2. The van der Waals surface area contributed by atoms with Gasteiger partial charge >= 0.3 is 0 Å². The fourth-order valence-electron chi connectivity index (χ4n) is 1.74. The lowest BCUT2D eigenvalue weighted by molar-refractivity contribution is 0.412. The van der Waals surface area contributed by atoms with E-state index in [4.69, 9.17) is 39.5 Å². The molecule has 2 rings (SSSR count). The first kappa shape index (κ1) is 13.5. The first-order chi connectivity index (χ1) is 8.54. The molecule has 0 saturated heterocycles. The number of aryl methyl sites for hydroxylation is 1. The lowest BCUT2D eigenvalue weighted by atomic mass is 10.0. The molecule has 4 heteroatoms. The molecular weight excluding hydrogens is 291 g/mol. The van der Waals surface area contributed by atoms with E-state index in [-0.39, 0.29) is 0 Å². The Morgan fingerprint density at radius 2 is 1.67 bits per heavy atom. The Kier molecular flexibility index (Phi) is 4.06. The van der Waals surface area contributed by atoms with Crippen LogP contribution in [0.1, 0.15) is 5.56 Å². The maximum absolute atomic E-state index is 6.21. The summed E-state index contributed by atoms with van der Waals surface area (Å²) in [5, 5.41) is 1.27. The smallest absolute Gasteiger partial charge is 0.122 e. The fourth-order valence-corrected chi connectivity index (χ4v) is 2.38. The van der Waals surface area contributed by atoms with E-state index in [1.807, 2.05) is 31.2 Å². The normalized spacial score (nSPS) is 10.5. The summed E-state index contributed by atoms with van der Waals surface area (Å²) in [6.07, 6.45) is 0.